The number of ether oxygens (including phenoxy) is 1. The van der Waals surface area contributed by atoms with Crippen molar-refractivity contribution in [2.75, 3.05) is 6.61 Å². The molecule has 13 heavy (non-hydrogen) atoms. The van der Waals surface area contributed by atoms with Gasteiger partial charge in [-0.05, 0) is 0 Å². The van der Waals surface area contributed by atoms with E-state index in [1.807, 2.05) is 0 Å². The van der Waals surface area contributed by atoms with E-state index < -0.39 is 37.1 Å². The lowest BCUT2D eigenvalue weighted by Gasteiger charge is -2.41. The van der Waals surface area contributed by atoms with Crippen LogP contribution in [0.15, 0.2) is 0 Å². The Balaban J connectivity index is 2.82. The van der Waals surface area contributed by atoms with Gasteiger partial charge in [-0.3, -0.25) is 0 Å². The highest BCUT2D eigenvalue weighted by molar-refractivity contribution is 4.93. The van der Waals surface area contributed by atoms with Crippen molar-refractivity contribution in [1.29, 1.82) is 0 Å². The second-order valence-corrected chi connectivity index (χ2v) is 2.88. The predicted molar refractivity (Wildman–Crippen MR) is 36.0 cm³/mol. The summed E-state index contributed by atoms with van der Waals surface area (Å²) in [6, 6.07) is 0. The quantitative estimate of drug-likeness (QED) is 0.308. The van der Waals surface area contributed by atoms with Gasteiger partial charge in [0.1, 0.15) is 24.9 Å². The minimum Gasteiger partial charge on any atom is -0.390 e. The maximum atomic E-state index is 13.2. The van der Waals surface area contributed by atoms with Crippen LogP contribution in [0.5, 0.6) is 0 Å². The number of halogens is 1. The molecule has 78 valence electrons. The van der Waals surface area contributed by atoms with Crippen molar-refractivity contribution >= 4 is 0 Å². The van der Waals surface area contributed by atoms with Crippen LogP contribution in [0, 0.1) is 0 Å². The number of aliphatic hydroxyl groups excluding tert-OH is 5. The Morgan fingerprint density at radius 3 is 2.15 bits per heavy atom. The Hall–Kier alpha value is -0.310. The Bertz CT molecular complexity index is 190. The van der Waals surface area contributed by atoms with Gasteiger partial charge in [0, 0.05) is 0 Å². The van der Waals surface area contributed by atoms with E-state index in [0.717, 1.165) is 0 Å². The van der Waals surface area contributed by atoms with Gasteiger partial charge in [-0.2, -0.15) is 0 Å². The van der Waals surface area contributed by atoms with E-state index in [0.29, 0.717) is 0 Å². The molecule has 0 unspecified atom stereocenters. The van der Waals surface area contributed by atoms with Gasteiger partial charge >= 0.3 is 0 Å². The molecule has 1 aliphatic heterocycles. The van der Waals surface area contributed by atoms with E-state index in [1.165, 1.54) is 0 Å². The molecule has 0 aliphatic carbocycles. The molecule has 0 saturated carbocycles. The number of hydrogen-bond donors (Lipinski definition) is 5. The van der Waals surface area contributed by atoms with Gasteiger partial charge in [-0.25, -0.2) is 4.39 Å². The van der Waals surface area contributed by atoms with Gasteiger partial charge in [0.05, 0.1) is 0 Å². The molecule has 1 aliphatic rings. The zero-order valence-electron chi connectivity index (χ0n) is 6.54. The molecule has 0 radical (unpaired) electrons. The van der Waals surface area contributed by atoms with Gasteiger partial charge in [0.25, 0.3) is 5.85 Å². The minimum atomic E-state index is -2.95. The minimum absolute atomic E-state index is 1.23. The normalized spacial score (nSPS) is 52.2. The van der Waals surface area contributed by atoms with Gasteiger partial charge in [0.15, 0.2) is 6.29 Å². The largest absolute Gasteiger partial charge is 0.390 e. The summed E-state index contributed by atoms with van der Waals surface area (Å²) in [5.74, 6) is -2.95. The first-order valence-electron chi connectivity index (χ1n) is 3.62. The van der Waals surface area contributed by atoms with Crippen molar-refractivity contribution in [2.24, 2.45) is 0 Å². The van der Waals surface area contributed by atoms with Crippen molar-refractivity contribution in [1.82, 2.24) is 0 Å². The van der Waals surface area contributed by atoms with Crippen LogP contribution in [0.4, 0.5) is 4.39 Å². The van der Waals surface area contributed by atoms with Crippen molar-refractivity contribution in [3.8, 4) is 0 Å². The maximum Gasteiger partial charge on any atom is 0.263 e. The second-order valence-electron chi connectivity index (χ2n) is 2.88. The van der Waals surface area contributed by atoms with E-state index in [-0.39, 0.29) is 0 Å². The molecule has 1 rings (SSSR count). The summed E-state index contributed by atoms with van der Waals surface area (Å²) in [6.45, 7) is -1.23. The molecule has 0 amide bonds. The van der Waals surface area contributed by atoms with Gasteiger partial charge < -0.3 is 30.3 Å². The van der Waals surface area contributed by atoms with E-state index in [9.17, 15) is 4.39 Å². The molecule has 0 aromatic heterocycles. The highest BCUT2D eigenvalue weighted by atomic mass is 19.2. The van der Waals surface area contributed by atoms with Crippen molar-refractivity contribution in [3.05, 3.63) is 0 Å². The van der Waals surface area contributed by atoms with Crippen LogP contribution in [0.3, 0.4) is 0 Å². The second kappa shape index (κ2) is 3.45. The SMILES string of the molecule is OC[C@@]1(F)O[C@@H](O)[C@H](O)[C@@H](O)[C@@H]1O. The Labute approximate surface area is 72.8 Å². The number of alkyl halides is 1. The van der Waals surface area contributed by atoms with E-state index in [1.54, 1.807) is 0 Å². The molecule has 0 bridgehead atoms. The molecular formula is C6H11FO6. The zero-order chi connectivity index (χ0) is 10.2. The smallest absolute Gasteiger partial charge is 0.263 e. The average Bonchev–Trinajstić information content (AvgIpc) is 2.12. The third kappa shape index (κ3) is 1.66. The first-order valence-corrected chi connectivity index (χ1v) is 3.62. The zero-order valence-corrected chi connectivity index (χ0v) is 6.54. The molecule has 5 atom stereocenters. The first-order chi connectivity index (χ1) is 5.92. The molecule has 1 saturated heterocycles. The monoisotopic (exact) mass is 198 g/mol. The Kier molecular flexibility index (Phi) is 2.85. The van der Waals surface area contributed by atoms with Crippen LogP contribution >= 0.6 is 0 Å². The van der Waals surface area contributed by atoms with Crippen molar-refractivity contribution < 1.29 is 34.7 Å². The first kappa shape index (κ1) is 10.8. The molecule has 6 nitrogen and oxygen atoms in total. The summed E-state index contributed by atoms with van der Waals surface area (Å²) < 4.78 is 17.3. The van der Waals surface area contributed by atoms with Crippen molar-refractivity contribution in [3.63, 3.8) is 0 Å². The third-order valence-electron chi connectivity index (χ3n) is 1.94. The van der Waals surface area contributed by atoms with Crippen LogP contribution in [-0.4, -0.2) is 62.6 Å². The fourth-order valence-corrected chi connectivity index (χ4v) is 1.08. The topological polar surface area (TPSA) is 110 Å². The van der Waals surface area contributed by atoms with Crippen molar-refractivity contribution in [2.45, 2.75) is 30.5 Å². The van der Waals surface area contributed by atoms with Crippen LogP contribution in [0.2, 0.25) is 0 Å². The molecule has 5 N–H and O–H groups in total. The lowest BCUT2D eigenvalue weighted by atomic mass is 9.98. The maximum absolute atomic E-state index is 13.2. The number of rotatable bonds is 1. The fourth-order valence-electron chi connectivity index (χ4n) is 1.08. The third-order valence-corrected chi connectivity index (χ3v) is 1.94. The van der Waals surface area contributed by atoms with E-state index in [4.69, 9.17) is 25.5 Å². The lowest BCUT2D eigenvalue weighted by molar-refractivity contribution is -0.365. The molecule has 0 aromatic rings. The molecule has 0 aromatic carbocycles. The summed E-state index contributed by atoms with van der Waals surface area (Å²) in [5.41, 5.74) is 0. The van der Waals surface area contributed by atoms with Gasteiger partial charge in [0.2, 0.25) is 0 Å². The summed E-state index contributed by atoms with van der Waals surface area (Å²) in [7, 11) is 0. The van der Waals surface area contributed by atoms with E-state index in [2.05, 4.69) is 4.74 Å². The fraction of sp³-hybridized carbons (Fsp3) is 1.00. The molecule has 1 heterocycles. The lowest BCUT2D eigenvalue weighted by Crippen LogP contribution is -2.63. The highest BCUT2D eigenvalue weighted by Crippen LogP contribution is 2.29. The van der Waals surface area contributed by atoms with Gasteiger partial charge in [-0.15, -0.1) is 0 Å². The standard InChI is InChI=1S/C6H11FO6/c7-6(1-8)4(11)2(9)3(10)5(12)13-6/h2-5,8-12H,1H2/t2-,3-,4+,5-,6-/m1/s1. The molecule has 1 fully saturated rings. The Morgan fingerprint density at radius 1 is 1.15 bits per heavy atom. The van der Waals surface area contributed by atoms with Crippen LogP contribution in [0.1, 0.15) is 0 Å². The summed E-state index contributed by atoms with van der Waals surface area (Å²) in [4.78, 5) is 0. The number of hydrogen-bond acceptors (Lipinski definition) is 6. The molecular weight excluding hydrogens is 187 g/mol. The molecule has 0 spiro atoms. The van der Waals surface area contributed by atoms with E-state index >= 15 is 0 Å². The predicted octanol–water partition coefficient (Wildman–Crippen LogP) is -2.92. The van der Waals surface area contributed by atoms with Crippen LogP contribution in [0.25, 0.3) is 0 Å². The van der Waals surface area contributed by atoms with Gasteiger partial charge in [-0.1, -0.05) is 0 Å². The average molecular weight is 198 g/mol. The highest BCUT2D eigenvalue weighted by Gasteiger charge is 2.53. The molecule has 7 heteroatoms. The number of aliphatic hydroxyl groups is 5. The summed E-state index contributed by atoms with van der Waals surface area (Å²) >= 11 is 0. The van der Waals surface area contributed by atoms with Crippen LogP contribution < -0.4 is 0 Å². The summed E-state index contributed by atoms with van der Waals surface area (Å²) in [6.07, 6.45) is -7.78. The summed E-state index contributed by atoms with van der Waals surface area (Å²) in [5, 5.41) is 44.2. The Morgan fingerprint density at radius 2 is 1.69 bits per heavy atom. The van der Waals surface area contributed by atoms with Crippen LogP contribution in [-0.2, 0) is 4.74 Å².